The third-order valence-corrected chi connectivity index (χ3v) is 20.6. The molecule has 4 fully saturated rings. The predicted octanol–water partition coefficient (Wildman–Crippen LogP) is 13.1. The summed E-state index contributed by atoms with van der Waals surface area (Å²) < 4.78 is 30.7. The minimum Gasteiger partial charge on any atom is -0.497 e. The Labute approximate surface area is 466 Å². The minimum atomic E-state index is -1.13. The van der Waals surface area contributed by atoms with Crippen LogP contribution in [0.5, 0.6) is 11.5 Å². The van der Waals surface area contributed by atoms with Crippen molar-refractivity contribution in [3.63, 3.8) is 0 Å². The summed E-state index contributed by atoms with van der Waals surface area (Å²) >= 11 is 2.95. The van der Waals surface area contributed by atoms with Gasteiger partial charge in [-0.1, -0.05) is 142 Å². The molecule has 76 heavy (non-hydrogen) atoms. The fourth-order valence-electron chi connectivity index (χ4n) is 14.4. The Morgan fingerprint density at radius 1 is 0.763 bits per heavy atom. The second-order valence-corrected chi connectivity index (χ2v) is 25.5. The Morgan fingerprint density at radius 2 is 1.45 bits per heavy atom. The number of amides is 2. The van der Waals surface area contributed by atoms with E-state index < -0.39 is 29.6 Å². The van der Waals surface area contributed by atoms with Gasteiger partial charge in [-0.15, -0.1) is 0 Å². The number of halogens is 1. The number of carbonyl (C=O) groups excluding carboxylic acids is 3. The van der Waals surface area contributed by atoms with Gasteiger partial charge in [0.2, 0.25) is 5.91 Å². The number of carbonyl (C=O) groups is 4. The highest BCUT2D eigenvalue weighted by Crippen LogP contribution is 2.67. The summed E-state index contributed by atoms with van der Waals surface area (Å²) in [6.45, 7) is 10.8. The van der Waals surface area contributed by atoms with Crippen molar-refractivity contribution in [1.29, 1.82) is 0 Å². The molecule has 414 valence electrons. The summed E-state index contributed by atoms with van der Waals surface area (Å²) in [7, 11) is 3.24. The second kappa shape index (κ2) is 25.9. The van der Waals surface area contributed by atoms with Gasteiger partial charge >= 0.3 is 18.0 Å². The van der Waals surface area contributed by atoms with E-state index in [0.29, 0.717) is 46.6 Å². The zero-order chi connectivity index (χ0) is 54.0. The number of aliphatic carboxylic acids is 1. The van der Waals surface area contributed by atoms with Crippen molar-refractivity contribution in [3.8, 4) is 11.5 Å². The molecule has 0 spiro atoms. The highest BCUT2D eigenvalue weighted by molar-refractivity contribution is 14.1. The number of esters is 1. The van der Waals surface area contributed by atoms with E-state index in [1.54, 1.807) is 19.1 Å². The van der Waals surface area contributed by atoms with Crippen molar-refractivity contribution >= 4 is 46.5 Å². The number of allylic oxidation sites excluding steroid dienone is 1. The van der Waals surface area contributed by atoms with Crippen LogP contribution in [0.25, 0.3) is 0 Å². The van der Waals surface area contributed by atoms with Crippen LogP contribution in [0.2, 0.25) is 0 Å². The van der Waals surface area contributed by atoms with Gasteiger partial charge in [0.25, 0.3) is 0 Å². The lowest BCUT2D eigenvalue weighted by molar-refractivity contribution is -0.154. The van der Waals surface area contributed by atoms with Gasteiger partial charge < -0.3 is 39.0 Å². The molecule has 0 aromatic heterocycles. The molecule has 5 aliphatic rings. The van der Waals surface area contributed by atoms with Crippen LogP contribution in [0.15, 0.2) is 90.5 Å². The van der Waals surface area contributed by atoms with Crippen LogP contribution in [-0.2, 0) is 34.2 Å². The van der Waals surface area contributed by atoms with Crippen LogP contribution in [0.1, 0.15) is 154 Å². The maximum Gasteiger partial charge on any atom is 0.407 e. The molecular weight excluding hydrogens is 1070 g/mol. The Hall–Kier alpha value is -4.63. The Bertz CT molecular complexity index is 2400. The number of carboxylic acids is 1. The van der Waals surface area contributed by atoms with Gasteiger partial charge in [-0.05, 0) is 140 Å². The highest BCUT2D eigenvalue weighted by atomic mass is 127. The van der Waals surface area contributed by atoms with Gasteiger partial charge in [0.05, 0.1) is 40.2 Å². The number of ether oxygens (including phenoxy) is 5. The molecule has 3 aromatic carbocycles. The van der Waals surface area contributed by atoms with Gasteiger partial charge in [0, 0.05) is 35.3 Å². The average Bonchev–Trinajstić information content (AvgIpc) is 4.00. The SMILES string of the molecule is COc1ccc(C(OCC2CN(C(=O)CCCCCNC(=O)OC3CC[C@@]4(C)C(=CCC5C4CC[C@@]4(I)C5CC[C@@H]4C(C)CCCC(C)C)C3)CC2OC(=O)CCC(=O)O)(c2ccccc2)c2ccc(OC)cc2)cc1. The number of carboxylic acid groups (broad SMARTS) is 1. The molecule has 4 aliphatic carbocycles. The van der Waals surface area contributed by atoms with E-state index in [1.807, 2.05) is 78.9 Å². The van der Waals surface area contributed by atoms with Crippen LogP contribution >= 0.6 is 22.6 Å². The van der Waals surface area contributed by atoms with Crippen molar-refractivity contribution in [2.45, 2.75) is 158 Å². The molecule has 12 nitrogen and oxygen atoms in total. The van der Waals surface area contributed by atoms with Crippen LogP contribution in [-0.4, -0.2) is 90.0 Å². The number of likely N-dealkylation sites (tertiary alicyclic amines) is 1. The van der Waals surface area contributed by atoms with Gasteiger partial charge in [-0.2, -0.15) is 0 Å². The lowest BCUT2D eigenvalue weighted by Gasteiger charge is -2.57. The molecule has 2 N–H and O–H groups in total. The van der Waals surface area contributed by atoms with Crippen LogP contribution in [0.3, 0.4) is 0 Å². The van der Waals surface area contributed by atoms with Crippen molar-refractivity contribution in [3.05, 3.63) is 107 Å². The Morgan fingerprint density at radius 3 is 2.11 bits per heavy atom. The minimum absolute atomic E-state index is 0.0647. The van der Waals surface area contributed by atoms with E-state index in [-0.39, 0.29) is 56.1 Å². The monoisotopic (exact) mass is 1160 g/mol. The third kappa shape index (κ3) is 13.1. The van der Waals surface area contributed by atoms with Gasteiger partial charge in [0.15, 0.2) is 0 Å². The number of fused-ring (bicyclic) bond motifs is 5. The zero-order valence-corrected chi connectivity index (χ0v) is 48.2. The molecule has 13 heteroatoms. The third-order valence-electron chi connectivity index (χ3n) is 18.5. The van der Waals surface area contributed by atoms with Crippen LogP contribution in [0, 0.1) is 46.8 Å². The second-order valence-electron chi connectivity index (χ2n) is 23.5. The first-order valence-electron chi connectivity index (χ1n) is 28.6. The van der Waals surface area contributed by atoms with Crippen molar-refractivity contribution in [2.24, 2.45) is 46.8 Å². The molecule has 0 radical (unpaired) electrons. The van der Waals surface area contributed by atoms with E-state index in [9.17, 15) is 24.3 Å². The zero-order valence-electron chi connectivity index (χ0n) is 46.1. The number of hydrogen-bond acceptors (Lipinski definition) is 9. The lowest BCUT2D eigenvalue weighted by atomic mass is 9.50. The number of hydrogen-bond donors (Lipinski definition) is 2. The average molecular weight is 1160 g/mol. The van der Waals surface area contributed by atoms with E-state index in [2.05, 4.69) is 61.7 Å². The fraction of sp³-hybridized carbons (Fsp3) is 0.619. The summed E-state index contributed by atoms with van der Waals surface area (Å²) in [6.07, 6.45) is 16.6. The number of alkyl halides is 1. The van der Waals surface area contributed by atoms with Gasteiger partial charge in [-0.25, -0.2) is 4.79 Å². The molecular formula is C63H85IN2O10. The van der Waals surface area contributed by atoms with E-state index in [1.165, 1.54) is 56.9 Å². The fourth-order valence-corrected chi connectivity index (χ4v) is 16.4. The number of methoxy groups -OCH3 is 2. The molecule has 8 rings (SSSR count). The summed E-state index contributed by atoms with van der Waals surface area (Å²) in [5.41, 5.74) is 3.12. The van der Waals surface area contributed by atoms with Gasteiger partial charge in [-0.3, -0.25) is 14.4 Å². The summed E-state index contributed by atoms with van der Waals surface area (Å²) in [6, 6.07) is 25.3. The number of benzene rings is 3. The lowest BCUT2D eigenvalue weighted by Crippen LogP contribution is -2.52. The largest absolute Gasteiger partial charge is 0.497 e. The van der Waals surface area contributed by atoms with Crippen molar-refractivity contribution in [1.82, 2.24) is 10.2 Å². The molecule has 7 unspecified atom stereocenters. The predicted molar refractivity (Wildman–Crippen MR) is 304 cm³/mol. The van der Waals surface area contributed by atoms with E-state index >= 15 is 0 Å². The Balaban J connectivity index is 0.827. The molecule has 1 saturated heterocycles. The number of nitrogens with zero attached hydrogens (tertiary/aromatic N) is 1. The van der Waals surface area contributed by atoms with Crippen molar-refractivity contribution in [2.75, 3.05) is 40.5 Å². The molecule has 1 heterocycles. The first kappa shape index (κ1) is 57.5. The first-order valence-corrected chi connectivity index (χ1v) is 29.7. The summed E-state index contributed by atoms with van der Waals surface area (Å²) in [5, 5.41) is 12.3. The van der Waals surface area contributed by atoms with Crippen LogP contribution < -0.4 is 14.8 Å². The number of rotatable bonds is 24. The normalized spacial score (nSPS) is 27.3. The smallest absolute Gasteiger partial charge is 0.407 e. The Kier molecular flexibility index (Phi) is 19.6. The van der Waals surface area contributed by atoms with Gasteiger partial charge in [0.1, 0.15) is 29.3 Å². The van der Waals surface area contributed by atoms with Crippen molar-refractivity contribution < 1.29 is 48.0 Å². The first-order chi connectivity index (χ1) is 36.6. The molecule has 1 aliphatic heterocycles. The maximum atomic E-state index is 13.9. The summed E-state index contributed by atoms with van der Waals surface area (Å²) in [5.74, 6) is 3.88. The van der Waals surface area contributed by atoms with E-state index in [0.717, 1.165) is 72.0 Å². The number of nitrogens with one attached hydrogen (secondary N) is 1. The highest BCUT2D eigenvalue weighted by Gasteiger charge is 2.60. The molecule has 3 saturated carbocycles. The quantitative estimate of drug-likeness (QED) is 0.0222. The van der Waals surface area contributed by atoms with Crippen LogP contribution in [0.4, 0.5) is 4.79 Å². The topological polar surface area (TPSA) is 150 Å². The molecule has 2 amide bonds. The number of unbranched alkanes of at least 4 members (excludes halogenated alkanes) is 2. The molecule has 10 atom stereocenters. The molecule has 3 aromatic rings. The number of alkyl carbamates (subject to hydrolysis) is 1. The maximum absolute atomic E-state index is 13.9. The van der Waals surface area contributed by atoms with E-state index in [4.69, 9.17) is 23.7 Å². The standard InChI is InChI=1S/C63H85IN2O10/c1-42(2)14-13-15-43(3)53-29-30-55-52-28-23-48-38-51(33-35-61(48,4)54(52)34-36-62(53,55)64)75-60(71)65-37-12-8-11-18-57(67)66-39-44(56(40-66)76-59(70)32-31-58(68)69)41-74-63(45-16-9-7-10-17-45,46-19-24-49(72-5)25-20-46)47-21-26-50(73-6)27-22-47/h7,9-10,16-17,19-27,42-44,51-56H,8,11-15,18,28-41H2,1-6H3,(H,65,71)(H,68,69)/t43?,44?,51?,52?,53-,54?,55?,56?,61+,62+/m1/s1. The molecule has 0 bridgehead atoms. The summed E-state index contributed by atoms with van der Waals surface area (Å²) in [4.78, 5) is 53.2.